The van der Waals surface area contributed by atoms with Crippen LogP contribution in [0.4, 0.5) is 0 Å². The first-order valence-electron chi connectivity index (χ1n) is 7.01. The molecule has 1 saturated heterocycles. The minimum Gasteiger partial charge on any atom is -0.395 e. The minimum atomic E-state index is -0.0744. The molecule has 110 valence electrons. The number of aliphatic hydroxyl groups is 1. The van der Waals surface area contributed by atoms with Crippen molar-refractivity contribution in [1.29, 1.82) is 0 Å². The van der Waals surface area contributed by atoms with Crippen molar-refractivity contribution in [3.05, 3.63) is 34.3 Å². The molecule has 0 radical (unpaired) electrons. The molecule has 1 amide bonds. The van der Waals surface area contributed by atoms with E-state index >= 15 is 0 Å². The van der Waals surface area contributed by atoms with Crippen LogP contribution in [0.5, 0.6) is 0 Å². The van der Waals surface area contributed by atoms with E-state index in [1.165, 1.54) is 0 Å². The van der Waals surface area contributed by atoms with E-state index in [9.17, 15) is 4.79 Å². The summed E-state index contributed by atoms with van der Waals surface area (Å²) < 4.78 is 0. The highest BCUT2D eigenvalue weighted by Crippen LogP contribution is 2.18. The van der Waals surface area contributed by atoms with E-state index in [4.69, 9.17) is 16.7 Å². The Kier molecular flexibility index (Phi) is 5.40. The molecule has 1 aromatic rings. The van der Waals surface area contributed by atoms with Gasteiger partial charge in [0.1, 0.15) is 0 Å². The normalized spacial score (nSPS) is 18.2. The fourth-order valence-electron chi connectivity index (χ4n) is 2.48. The van der Waals surface area contributed by atoms with E-state index in [1.54, 1.807) is 17.0 Å². The predicted octanol–water partition coefficient (Wildman–Crippen LogP) is 1.83. The highest BCUT2D eigenvalue weighted by atomic mass is 35.5. The van der Waals surface area contributed by atoms with Gasteiger partial charge in [0.2, 0.25) is 0 Å². The van der Waals surface area contributed by atoms with Crippen molar-refractivity contribution in [3.8, 4) is 0 Å². The van der Waals surface area contributed by atoms with Crippen LogP contribution in [-0.4, -0.2) is 48.2 Å². The van der Waals surface area contributed by atoms with E-state index in [0.717, 1.165) is 24.9 Å². The molecule has 0 spiro atoms. The Balaban J connectivity index is 2.10. The van der Waals surface area contributed by atoms with E-state index in [2.05, 4.69) is 5.32 Å². The summed E-state index contributed by atoms with van der Waals surface area (Å²) in [5.41, 5.74) is 1.53. The summed E-state index contributed by atoms with van der Waals surface area (Å²) in [6.07, 6.45) is 2.21. The zero-order valence-electron chi connectivity index (χ0n) is 11.7. The van der Waals surface area contributed by atoms with Crippen LogP contribution >= 0.6 is 11.6 Å². The molecule has 2 rings (SSSR count). The van der Waals surface area contributed by atoms with Crippen LogP contribution in [0.25, 0.3) is 0 Å². The Hall–Kier alpha value is -1.10. The molecule has 1 aliphatic rings. The highest BCUT2D eigenvalue weighted by Gasteiger charge is 2.22. The monoisotopic (exact) mass is 296 g/mol. The topological polar surface area (TPSA) is 52.6 Å². The van der Waals surface area contributed by atoms with Crippen molar-refractivity contribution in [3.63, 3.8) is 0 Å². The van der Waals surface area contributed by atoms with Crippen LogP contribution in [0.15, 0.2) is 18.2 Å². The zero-order valence-corrected chi connectivity index (χ0v) is 12.5. The van der Waals surface area contributed by atoms with Crippen LogP contribution in [-0.2, 0) is 0 Å². The number of nitrogens with one attached hydrogen (secondary N) is 1. The fourth-order valence-corrected chi connectivity index (χ4v) is 2.66. The van der Waals surface area contributed by atoms with Gasteiger partial charge < -0.3 is 15.3 Å². The third-order valence-corrected chi connectivity index (χ3v) is 4.09. The Bertz CT molecular complexity index is 473. The number of nitrogens with zero attached hydrogens (tertiary/aromatic N) is 1. The Labute approximate surface area is 124 Å². The van der Waals surface area contributed by atoms with Crippen LogP contribution in [0, 0.1) is 6.92 Å². The van der Waals surface area contributed by atoms with Crippen LogP contribution in [0.2, 0.25) is 5.02 Å². The molecule has 0 bridgehead atoms. The van der Waals surface area contributed by atoms with E-state index in [-0.39, 0.29) is 12.5 Å². The molecule has 0 saturated carbocycles. The van der Waals surface area contributed by atoms with Crippen molar-refractivity contribution >= 4 is 17.5 Å². The van der Waals surface area contributed by atoms with Gasteiger partial charge in [-0.1, -0.05) is 17.7 Å². The number of amides is 1. The molecule has 0 aliphatic carbocycles. The number of hydrogen-bond acceptors (Lipinski definition) is 3. The number of halogens is 1. The van der Waals surface area contributed by atoms with Gasteiger partial charge in [-0.2, -0.15) is 0 Å². The molecule has 20 heavy (non-hydrogen) atoms. The number of hydrogen-bond donors (Lipinski definition) is 2. The van der Waals surface area contributed by atoms with Crippen LogP contribution < -0.4 is 5.32 Å². The van der Waals surface area contributed by atoms with Crippen LogP contribution in [0.1, 0.15) is 28.8 Å². The lowest BCUT2D eigenvalue weighted by atomic mass is 10.1. The van der Waals surface area contributed by atoms with Crippen LogP contribution in [0.3, 0.4) is 0 Å². The number of benzene rings is 1. The summed E-state index contributed by atoms with van der Waals surface area (Å²) in [5, 5.41) is 13.1. The van der Waals surface area contributed by atoms with Gasteiger partial charge in [-0.3, -0.25) is 4.79 Å². The quantitative estimate of drug-likeness (QED) is 0.872. The van der Waals surface area contributed by atoms with Gasteiger partial charge in [-0.25, -0.2) is 0 Å². The first-order valence-corrected chi connectivity index (χ1v) is 7.39. The van der Waals surface area contributed by atoms with E-state index in [0.29, 0.717) is 29.7 Å². The van der Waals surface area contributed by atoms with Gasteiger partial charge in [0.25, 0.3) is 5.91 Å². The zero-order chi connectivity index (χ0) is 14.5. The standard InChI is InChI=1S/C15H21ClN2O2/c1-11-4-5-12(9-14(11)16)15(20)18(7-8-19)10-13-3-2-6-17-13/h4-5,9,13,17,19H,2-3,6-8,10H2,1H3. The van der Waals surface area contributed by atoms with Crippen molar-refractivity contribution in [2.75, 3.05) is 26.2 Å². The molecule has 1 heterocycles. The molecule has 1 aliphatic heterocycles. The minimum absolute atomic E-state index is 0.0297. The van der Waals surface area contributed by atoms with Gasteiger partial charge in [-0.15, -0.1) is 0 Å². The SMILES string of the molecule is Cc1ccc(C(=O)N(CCO)CC2CCCN2)cc1Cl. The maximum atomic E-state index is 12.5. The fraction of sp³-hybridized carbons (Fsp3) is 0.533. The second-order valence-electron chi connectivity index (χ2n) is 5.23. The lowest BCUT2D eigenvalue weighted by Gasteiger charge is -2.25. The molecular formula is C15H21ClN2O2. The summed E-state index contributed by atoms with van der Waals surface area (Å²) in [6.45, 7) is 3.86. The lowest BCUT2D eigenvalue weighted by Crippen LogP contribution is -2.42. The summed E-state index contributed by atoms with van der Waals surface area (Å²) in [7, 11) is 0. The average Bonchev–Trinajstić information content (AvgIpc) is 2.93. The lowest BCUT2D eigenvalue weighted by molar-refractivity contribution is 0.0706. The number of carbonyl (C=O) groups is 1. The van der Waals surface area contributed by atoms with Gasteiger partial charge in [0.15, 0.2) is 0 Å². The van der Waals surface area contributed by atoms with E-state index < -0.39 is 0 Å². The summed E-state index contributed by atoms with van der Waals surface area (Å²) in [5.74, 6) is -0.0744. The number of aryl methyl sites for hydroxylation is 1. The number of aliphatic hydroxyl groups excluding tert-OH is 1. The Morgan fingerprint density at radius 2 is 2.35 bits per heavy atom. The smallest absolute Gasteiger partial charge is 0.254 e. The number of rotatable bonds is 5. The first kappa shape index (κ1) is 15.3. The first-order chi connectivity index (χ1) is 9.61. The Morgan fingerprint density at radius 3 is 2.95 bits per heavy atom. The molecule has 4 nitrogen and oxygen atoms in total. The third kappa shape index (κ3) is 3.72. The third-order valence-electron chi connectivity index (χ3n) is 3.68. The van der Waals surface area contributed by atoms with E-state index in [1.807, 2.05) is 13.0 Å². The molecule has 1 unspecified atom stereocenters. The maximum Gasteiger partial charge on any atom is 0.254 e. The Morgan fingerprint density at radius 1 is 1.55 bits per heavy atom. The molecular weight excluding hydrogens is 276 g/mol. The predicted molar refractivity (Wildman–Crippen MR) is 80.2 cm³/mol. The molecule has 1 fully saturated rings. The highest BCUT2D eigenvalue weighted by molar-refractivity contribution is 6.31. The van der Waals surface area contributed by atoms with Crippen molar-refractivity contribution < 1.29 is 9.90 Å². The maximum absolute atomic E-state index is 12.5. The summed E-state index contributed by atoms with van der Waals surface area (Å²) in [6, 6.07) is 5.66. The van der Waals surface area contributed by atoms with Gasteiger partial charge in [-0.05, 0) is 44.0 Å². The van der Waals surface area contributed by atoms with Gasteiger partial charge in [0, 0.05) is 29.7 Å². The largest absolute Gasteiger partial charge is 0.395 e. The molecule has 1 atom stereocenters. The van der Waals surface area contributed by atoms with Gasteiger partial charge in [0.05, 0.1) is 6.61 Å². The average molecular weight is 297 g/mol. The van der Waals surface area contributed by atoms with Crippen molar-refractivity contribution in [2.24, 2.45) is 0 Å². The van der Waals surface area contributed by atoms with Crippen molar-refractivity contribution in [1.82, 2.24) is 10.2 Å². The molecule has 2 N–H and O–H groups in total. The summed E-state index contributed by atoms with van der Waals surface area (Å²) >= 11 is 6.08. The summed E-state index contributed by atoms with van der Waals surface area (Å²) in [4.78, 5) is 14.2. The number of carbonyl (C=O) groups excluding carboxylic acids is 1. The van der Waals surface area contributed by atoms with Crippen molar-refractivity contribution in [2.45, 2.75) is 25.8 Å². The second kappa shape index (κ2) is 7.07. The van der Waals surface area contributed by atoms with Gasteiger partial charge >= 0.3 is 0 Å². The molecule has 1 aromatic carbocycles. The molecule has 0 aromatic heterocycles. The molecule has 5 heteroatoms. The second-order valence-corrected chi connectivity index (χ2v) is 5.64.